The zero-order valence-corrected chi connectivity index (χ0v) is 10.4. The van der Waals surface area contributed by atoms with Crippen molar-refractivity contribution >= 4 is 5.82 Å². The van der Waals surface area contributed by atoms with Crippen molar-refractivity contribution in [3.05, 3.63) is 17.6 Å². The predicted molar refractivity (Wildman–Crippen MR) is 68.1 cm³/mol. The van der Waals surface area contributed by atoms with Crippen molar-refractivity contribution in [2.75, 3.05) is 18.0 Å². The second kappa shape index (κ2) is 4.61. The van der Waals surface area contributed by atoms with Gasteiger partial charge in [-0.3, -0.25) is 0 Å². The average Bonchev–Trinajstić information content (AvgIpc) is 2.86. The molecule has 0 aromatic carbocycles. The van der Waals surface area contributed by atoms with Crippen LogP contribution in [0, 0.1) is 0 Å². The number of nitrogens with one attached hydrogen (secondary N) is 1. The fraction of sp³-hybridized carbons (Fsp3) is 0.692. The smallest absolute Gasteiger partial charge is 0.136 e. The first-order valence-corrected chi connectivity index (χ1v) is 6.70. The maximum Gasteiger partial charge on any atom is 0.136 e. The summed E-state index contributed by atoms with van der Waals surface area (Å²) in [6.07, 6.45) is 6.60. The van der Waals surface area contributed by atoms with Gasteiger partial charge in [0.25, 0.3) is 0 Å². The summed E-state index contributed by atoms with van der Waals surface area (Å²) in [5, 5.41) is 3.43. The summed E-state index contributed by atoms with van der Waals surface area (Å²) < 4.78 is 0. The Kier molecular flexibility index (Phi) is 2.97. The van der Waals surface area contributed by atoms with Crippen LogP contribution in [-0.4, -0.2) is 29.1 Å². The van der Waals surface area contributed by atoms with Gasteiger partial charge in [-0.05, 0) is 19.3 Å². The number of hydrogen-bond donors (Lipinski definition) is 1. The fourth-order valence-corrected chi connectivity index (χ4v) is 3.04. The third kappa shape index (κ3) is 1.90. The second-order valence-electron chi connectivity index (χ2n) is 4.95. The third-order valence-corrected chi connectivity index (χ3v) is 3.97. The highest BCUT2D eigenvalue weighted by atomic mass is 15.2. The van der Waals surface area contributed by atoms with Gasteiger partial charge in [0.2, 0.25) is 0 Å². The Hall–Kier alpha value is -1.16. The Bertz CT molecular complexity index is 404. The highest BCUT2D eigenvalue weighted by molar-refractivity contribution is 5.51. The van der Waals surface area contributed by atoms with Gasteiger partial charge in [0.1, 0.15) is 12.1 Å². The van der Waals surface area contributed by atoms with Crippen molar-refractivity contribution in [1.29, 1.82) is 0 Å². The maximum atomic E-state index is 4.55. The molecule has 0 radical (unpaired) electrons. The zero-order valence-electron chi connectivity index (χ0n) is 10.4. The van der Waals surface area contributed by atoms with E-state index < -0.39 is 0 Å². The molecular formula is C13H20N4. The van der Waals surface area contributed by atoms with E-state index >= 15 is 0 Å². The van der Waals surface area contributed by atoms with E-state index in [0.29, 0.717) is 6.04 Å². The van der Waals surface area contributed by atoms with Gasteiger partial charge in [-0.1, -0.05) is 6.92 Å². The molecule has 2 aliphatic heterocycles. The van der Waals surface area contributed by atoms with E-state index in [1.165, 1.54) is 36.3 Å². The molecule has 1 saturated heterocycles. The highest BCUT2D eigenvalue weighted by Crippen LogP contribution is 2.30. The van der Waals surface area contributed by atoms with Crippen LogP contribution in [0.25, 0.3) is 0 Å². The highest BCUT2D eigenvalue weighted by Gasteiger charge is 2.27. The molecule has 1 aromatic heterocycles. The van der Waals surface area contributed by atoms with Crippen LogP contribution in [0.1, 0.15) is 37.4 Å². The second-order valence-corrected chi connectivity index (χ2v) is 4.95. The summed E-state index contributed by atoms with van der Waals surface area (Å²) in [6.45, 7) is 5.40. The Morgan fingerprint density at radius 1 is 1.47 bits per heavy atom. The van der Waals surface area contributed by atoms with E-state index in [4.69, 9.17) is 0 Å². The van der Waals surface area contributed by atoms with Crippen LogP contribution < -0.4 is 10.2 Å². The van der Waals surface area contributed by atoms with Gasteiger partial charge in [-0.2, -0.15) is 0 Å². The van der Waals surface area contributed by atoms with Crippen molar-refractivity contribution in [2.45, 2.75) is 45.2 Å². The van der Waals surface area contributed by atoms with E-state index in [1.807, 2.05) is 0 Å². The van der Waals surface area contributed by atoms with Crippen molar-refractivity contribution in [1.82, 2.24) is 15.3 Å². The summed E-state index contributed by atoms with van der Waals surface area (Å²) in [5.74, 6) is 1.19. The molecule has 0 bridgehead atoms. The maximum absolute atomic E-state index is 4.55. The summed E-state index contributed by atoms with van der Waals surface area (Å²) >= 11 is 0. The molecule has 1 fully saturated rings. The fourth-order valence-electron chi connectivity index (χ4n) is 3.04. The Morgan fingerprint density at radius 3 is 3.29 bits per heavy atom. The third-order valence-electron chi connectivity index (χ3n) is 3.97. The largest absolute Gasteiger partial charge is 0.353 e. The molecule has 0 spiro atoms. The first-order valence-electron chi connectivity index (χ1n) is 6.70. The van der Waals surface area contributed by atoms with Crippen LogP contribution in [-0.2, 0) is 13.0 Å². The van der Waals surface area contributed by atoms with Gasteiger partial charge in [0.15, 0.2) is 0 Å². The molecular weight excluding hydrogens is 212 g/mol. The summed E-state index contributed by atoms with van der Waals surface area (Å²) in [7, 11) is 0. The van der Waals surface area contributed by atoms with Crippen LogP contribution in [0.3, 0.4) is 0 Å². The van der Waals surface area contributed by atoms with Crippen molar-refractivity contribution < 1.29 is 0 Å². The van der Waals surface area contributed by atoms with Gasteiger partial charge in [-0.25, -0.2) is 9.97 Å². The first-order chi connectivity index (χ1) is 8.40. The molecule has 0 saturated carbocycles. The number of fused-ring (bicyclic) bond motifs is 1. The van der Waals surface area contributed by atoms with Gasteiger partial charge in [0, 0.05) is 37.7 Å². The van der Waals surface area contributed by atoms with E-state index in [1.54, 1.807) is 6.33 Å². The molecule has 0 aliphatic carbocycles. The van der Waals surface area contributed by atoms with Crippen LogP contribution >= 0.6 is 0 Å². The monoisotopic (exact) mass is 232 g/mol. The normalized spacial score (nSPS) is 23.8. The number of rotatable bonds is 2. The van der Waals surface area contributed by atoms with Crippen molar-refractivity contribution in [3.8, 4) is 0 Å². The van der Waals surface area contributed by atoms with Crippen LogP contribution in [0.5, 0.6) is 0 Å². The van der Waals surface area contributed by atoms with E-state index in [2.05, 4.69) is 27.1 Å². The lowest BCUT2D eigenvalue weighted by molar-refractivity contribution is 0.604. The van der Waals surface area contributed by atoms with Crippen LogP contribution in [0.2, 0.25) is 0 Å². The number of anilines is 1. The molecule has 92 valence electrons. The molecule has 3 heterocycles. The molecule has 0 amide bonds. The minimum Gasteiger partial charge on any atom is -0.353 e. The van der Waals surface area contributed by atoms with Crippen LogP contribution in [0.4, 0.5) is 5.82 Å². The van der Waals surface area contributed by atoms with Gasteiger partial charge >= 0.3 is 0 Å². The topological polar surface area (TPSA) is 41.1 Å². The average molecular weight is 232 g/mol. The molecule has 4 nitrogen and oxygen atoms in total. The molecule has 4 heteroatoms. The quantitative estimate of drug-likeness (QED) is 0.839. The summed E-state index contributed by atoms with van der Waals surface area (Å²) in [4.78, 5) is 11.5. The lowest BCUT2D eigenvalue weighted by Crippen LogP contribution is -2.33. The molecule has 3 rings (SSSR count). The predicted octanol–water partition coefficient (Wildman–Crippen LogP) is 1.50. The van der Waals surface area contributed by atoms with Crippen molar-refractivity contribution in [3.63, 3.8) is 0 Å². The molecule has 1 aromatic rings. The SMILES string of the molecule is CCC1CCCN1c1ncnc2c1CNCC2. The molecule has 2 aliphatic rings. The lowest BCUT2D eigenvalue weighted by Gasteiger charge is -2.29. The van der Waals surface area contributed by atoms with Gasteiger partial charge in [-0.15, -0.1) is 0 Å². The molecule has 17 heavy (non-hydrogen) atoms. The van der Waals surface area contributed by atoms with E-state index in [-0.39, 0.29) is 0 Å². The zero-order chi connectivity index (χ0) is 11.7. The standard InChI is InChI=1S/C13H20N4/c1-2-10-4-3-7-17(10)13-11-8-14-6-5-12(11)15-9-16-13/h9-10,14H,2-8H2,1H3. The van der Waals surface area contributed by atoms with Gasteiger partial charge in [0.05, 0.1) is 5.69 Å². The van der Waals surface area contributed by atoms with Crippen LogP contribution in [0.15, 0.2) is 6.33 Å². The summed E-state index contributed by atoms with van der Waals surface area (Å²) in [5.41, 5.74) is 2.58. The van der Waals surface area contributed by atoms with Gasteiger partial charge < -0.3 is 10.2 Å². The lowest BCUT2D eigenvalue weighted by atomic mass is 10.1. The Balaban J connectivity index is 1.97. The summed E-state index contributed by atoms with van der Waals surface area (Å²) in [6, 6.07) is 0.677. The van der Waals surface area contributed by atoms with Crippen molar-refractivity contribution in [2.24, 2.45) is 0 Å². The minimum absolute atomic E-state index is 0.677. The molecule has 1 atom stereocenters. The van der Waals surface area contributed by atoms with E-state index in [0.717, 1.165) is 26.1 Å². The Labute approximate surface area is 102 Å². The minimum atomic E-state index is 0.677. The van der Waals surface area contributed by atoms with E-state index in [9.17, 15) is 0 Å². The first kappa shape index (κ1) is 11.0. The number of aromatic nitrogens is 2. The molecule has 1 N–H and O–H groups in total. The number of nitrogens with zero attached hydrogens (tertiary/aromatic N) is 3. The number of hydrogen-bond acceptors (Lipinski definition) is 4. The Morgan fingerprint density at radius 2 is 2.41 bits per heavy atom. The molecule has 1 unspecified atom stereocenters.